The standard InChI is InChI=1S/C18H18N4O2/c1-12-19-17(22-24-12)18(10-4-5-11-18)21-16(23)15-9-8-13-6-2-3-7-14(13)20-15/h2-3,6-9H,4-5,10-11H2,1H3,(H,21,23). The Morgan fingerprint density at radius 2 is 1.92 bits per heavy atom. The molecule has 1 amide bonds. The van der Waals surface area contributed by atoms with Crippen molar-refractivity contribution in [2.45, 2.75) is 38.1 Å². The molecule has 122 valence electrons. The predicted octanol–water partition coefficient (Wildman–Crippen LogP) is 3.13. The summed E-state index contributed by atoms with van der Waals surface area (Å²) < 4.78 is 5.12. The number of nitrogens with one attached hydrogen (secondary N) is 1. The van der Waals surface area contributed by atoms with Crippen molar-refractivity contribution in [2.24, 2.45) is 0 Å². The number of amides is 1. The smallest absolute Gasteiger partial charge is 0.270 e. The minimum absolute atomic E-state index is 0.204. The van der Waals surface area contributed by atoms with E-state index in [1.807, 2.05) is 30.3 Å². The van der Waals surface area contributed by atoms with Gasteiger partial charge in [-0.15, -0.1) is 0 Å². The molecule has 0 saturated heterocycles. The Morgan fingerprint density at radius 1 is 1.12 bits per heavy atom. The molecule has 0 bridgehead atoms. The quantitative estimate of drug-likeness (QED) is 0.801. The molecule has 2 heterocycles. The lowest BCUT2D eigenvalue weighted by Gasteiger charge is -2.26. The minimum Gasteiger partial charge on any atom is -0.340 e. The summed E-state index contributed by atoms with van der Waals surface area (Å²) >= 11 is 0. The van der Waals surface area contributed by atoms with Gasteiger partial charge in [0.2, 0.25) is 5.89 Å². The molecule has 1 fully saturated rings. The van der Waals surface area contributed by atoms with Gasteiger partial charge in [0.25, 0.3) is 5.91 Å². The van der Waals surface area contributed by atoms with Gasteiger partial charge < -0.3 is 9.84 Å². The Hall–Kier alpha value is -2.76. The van der Waals surface area contributed by atoms with Crippen LogP contribution in [0.5, 0.6) is 0 Å². The Balaban J connectivity index is 1.65. The summed E-state index contributed by atoms with van der Waals surface area (Å²) in [6.45, 7) is 1.76. The number of carbonyl (C=O) groups is 1. The molecule has 4 rings (SSSR count). The van der Waals surface area contributed by atoms with Crippen molar-refractivity contribution in [1.29, 1.82) is 0 Å². The molecular formula is C18H18N4O2. The number of benzene rings is 1. The molecule has 2 aromatic heterocycles. The Labute approximate surface area is 139 Å². The highest BCUT2D eigenvalue weighted by Gasteiger charge is 2.41. The topological polar surface area (TPSA) is 80.9 Å². The minimum atomic E-state index is -0.553. The second-order valence-corrected chi connectivity index (χ2v) is 6.27. The highest BCUT2D eigenvalue weighted by atomic mass is 16.5. The number of nitrogens with zero attached hydrogens (tertiary/aromatic N) is 3. The van der Waals surface area contributed by atoms with Crippen LogP contribution in [-0.4, -0.2) is 21.0 Å². The van der Waals surface area contributed by atoms with Crippen molar-refractivity contribution in [3.63, 3.8) is 0 Å². The average Bonchev–Trinajstić information content (AvgIpc) is 3.24. The average molecular weight is 322 g/mol. The number of fused-ring (bicyclic) bond motifs is 1. The summed E-state index contributed by atoms with van der Waals surface area (Å²) in [6.07, 6.45) is 3.68. The monoisotopic (exact) mass is 322 g/mol. The van der Waals surface area contributed by atoms with Gasteiger partial charge in [0.1, 0.15) is 11.2 Å². The number of rotatable bonds is 3. The van der Waals surface area contributed by atoms with E-state index in [1.54, 1.807) is 13.0 Å². The molecule has 6 nitrogen and oxygen atoms in total. The zero-order valence-corrected chi connectivity index (χ0v) is 13.5. The van der Waals surface area contributed by atoms with Crippen molar-refractivity contribution in [1.82, 2.24) is 20.4 Å². The van der Waals surface area contributed by atoms with E-state index in [0.717, 1.165) is 36.6 Å². The van der Waals surface area contributed by atoms with Crippen LogP contribution >= 0.6 is 0 Å². The molecule has 0 atom stereocenters. The van der Waals surface area contributed by atoms with Crippen molar-refractivity contribution in [2.75, 3.05) is 0 Å². The molecule has 1 saturated carbocycles. The first-order valence-electron chi connectivity index (χ1n) is 8.15. The van der Waals surface area contributed by atoms with Gasteiger partial charge >= 0.3 is 0 Å². The van der Waals surface area contributed by atoms with Crippen molar-refractivity contribution in [3.8, 4) is 0 Å². The zero-order valence-electron chi connectivity index (χ0n) is 13.5. The Morgan fingerprint density at radius 3 is 2.67 bits per heavy atom. The van der Waals surface area contributed by atoms with E-state index in [-0.39, 0.29) is 5.91 Å². The van der Waals surface area contributed by atoms with Crippen LogP contribution in [0.4, 0.5) is 0 Å². The van der Waals surface area contributed by atoms with Gasteiger partial charge in [-0.2, -0.15) is 4.98 Å². The molecule has 0 aliphatic heterocycles. The van der Waals surface area contributed by atoms with E-state index in [1.165, 1.54) is 0 Å². The van der Waals surface area contributed by atoms with E-state index in [0.29, 0.717) is 17.4 Å². The lowest BCUT2D eigenvalue weighted by molar-refractivity contribution is 0.0887. The van der Waals surface area contributed by atoms with E-state index in [4.69, 9.17) is 4.52 Å². The van der Waals surface area contributed by atoms with Gasteiger partial charge in [-0.1, -0.05) is 42.3 Å². The third-order valence-electron chi connectivity index (χ3n) is 4.60. The molecule has 6 heteroatoms. The summed E-state index contributed by atoms with van der Waals surface area (Å²) in [5, 5.41) is 8.17. The van der Waals surface area contributed by atoms with E-state index < -0.39 is 5.54 Å². The molecule has 1 N–H and O–H groups in total. The number of aromatic nitrogens is 3. The maximum atomic E-state index is 12.8. The summed E-state index contributed by atoms with van der Waals surface area (Å²) in [7, 11) is 0. The largest absolute Gasteiger partial charge is 0.340 e. The van der Waals surface area contributed by atoms with Crippen LogP contribution < -0.4 is 5.32 Å². The fourth-order valence-corrected chi connectivity index (χ4v) is 3.35. The lowest BCUT2D eigenvalue weighted by atomic mass is 9.96. The van der Waals surface area contributed by atoms with Crippen LogP contribution in [0.2, 0.25) is 0 Å². The summed E-state index contributed by atoms with van der Waals surface area (Å²) in [6, 6.07) is 11.4. The zero-order chi connectivity index (χ0) is 16.6. The normalized spacial score (nSPS) is 16.4. The Bertz CT molecular complexity index is 897. The lowest BCUT2D eigenvalue weighted by Crippen LogP contribution is -2.45. The Kier molecular flexibility index (Phi) is 3.52. The van der Waals surface area contributed by atoms with Crippen molar-refractivity contribution in [3.05, 3.63) is 53.8 Å². The van der Waals surface area contributed by atoms with Crippen LogP contribution in [0.25, 0.3) is 10.9 Å². The molecule has 24 heavy (non-hydrogen) atoms. The van der Waals surface area contributed by atoms with E-state index >= 15 is 0 Å². The van der Waals surface area contributed by atoms with Gasteiger partial charge in [0, 0.05) is 12.3 Å². The second-order valence-electron chi connectivity index (χ2n) is 6.27. The molecule has 1 aliphatic carbocycles. The fourth-order valence-electron chi connectivity index (χ4n) is 3.35. The number of pyridine rings is 1. The molecule has 1 aromatic carbocycles. The highest BCUT2D eigenvalue weighted by molar-refractivity contribution is 5.95. The van der Waals surface area contributed by atoms with Gasteiger partial charge in [-0.05, 0) is 25.0 Å². The maximum Gasteiger partial charge on any atom is 0.270 e. The number of hydrogen-bond acceptors (Lipinski definition) is 5. The first-order valence-corrected chi connectivity index (χ1v) is 8.15. The van der Waals surface area contributed by atoms with Gasteiger partial charge in [0.05, 0.1) is 5.52 Å². The number of aryl methyl sites for hydroxylation is 1. The highest BCUT2D eigenvalue weighted by Crippen LogP contribution is 2.37. The summed E-state index contributed by atoms with van der Waals surface area (Å²) in [5.41, 5.74) is 0.656. The molecule has 0 radical (unpaired) electrons. The molecule has 3 aromatic rings. The molecular weight excluding hydrogens is 304 g/mol. The molecule has 0 spiro atoms. The number of hydrogen-bond donors (Lipinski definition) is 1. The SMILES string of the molecule is Cc1nc(C2(NC(=O)c3ccc4ccccc4n3)CCCC2)no1. The van der Waals surface area contributed by atoms with Crippen LogP contribution in [0, 0.1) is 6.92 Å². The summed E-state index contributed by atoms with van der Waals surface area (Å²) in [5.74, 6) is 0.867. The third kappa shape index (κ3) is 2.54. The van der Waals surface area contributed by atoms with Crippen molar-refractivity contribution < 1.29 is 9.32 Å². The van der Waals surface area contributed by atoms with Crippen molar-refractivity contribution >= 4 is 16.8 Å². The molecule has 1 aliphatic rings. The van der Waals surface area contributed by atoms with E-state index in [9.17, 15) is 4.79 Å². The first kappa shape index (κ1) is 14.8. The third-order valence-corrected chi connectivity index (χ3v) is 4.60. The number of carbonyl (C=O) groups excluding carboxylic acids is 1. The summed E-state index contributed by atoms with van der Waals surface area (Å²) in [4.78, 5) is 21.6. The van der Waals surface area contributed by atoms with Crippen LogP contribution in [0.15, 0.2) is 40.9 Å². The van der Waals surface area contributed by atoms with E-state index in [2.05, 4.69) is 20.4 Å². The molecule has 0 unspecified atom stereocenters. The van der Waals surface area contributed by atoms with Gasteiger partial charge in [0.15, 0.2) is 5.82 Å². The van der Waals surface area contributed by atoms with Gasteiger partial charge in [-0.3, -0.25) is 4.79 Å². The second kappa shape index (κ2) is 5.70. The van der Waals surface area contributed by atoms with Crippen LogP contribution in [-0.2, 0) is 5.54 Å². The van der Waals surface area contributed by atoms with Crippen LogP contribution in [0.3, 0.4) is 0 Å². The first-order chi connectivity index (χ1) is 11.7. The van der Waals surface area contributed by atoms with Crippen LogP contribution in [0.1, 0.15) is 47.9 Å². The maximum absolute atomic E-state index is 12.8. The number of para-hydroxylation sites is 1. The predicted molar refractivity (Wildman–Crippen MR) is 88.4 cm³/mol. The fraction of sp³-hybridized carbons (Fsp3) is 0.333. The van der Waals surface area contributed by atoms with Gasteiger partial charge in [-0.25, -0.2) is 4.98 Å².